The van der Waals surface area contributed by atoms with E-state index in [1.165, 1.54) is 6.07 Å². The number of halogens is 2. The molecule has 0 amide bonds. The predicted molar refractivity (Wildman–Crippen MR) is 76.8 cm³/mol. The largest absolute Gasteiger partial charge is 0.485 e. The molecule has 2 rings (SSSR count). The van der Waals surface area contributed by atoms with E-state index in [2.05, 4.69) is 0 Å². The average Bonchev–Trinajstić information content (AvgIpc) is 2.41. The summed E-state index contributed by atoms with van der Waals surface area (Å²) in [4.78, 5) is 11.9. The van der Waals surface area contributed by atoms with Crippen LogP contribution < -0.4 is 4.74 Å². The lowest BCUT2D eigenvalue weighted by atomic mass is 10.1. The van der Waals surface area contributed by atoms with Crippen molar-refractivity contribution >= 4 is 5.78 Å². The smallest absolute Gasteiger partial charge is 0.206 e. The van der Waals surface area contributed by atoms with Crippen LogP contribution in [0.3, 0.4) is 0 Å². The van der Waals surface area contributed by atoms with Crippen LogP contribution in [-0.4, -0.2) is 12.4 Å². The third kappa shape index (κ3) is 3.27. The number of carbonyl (C=O) groups is 1. The fourth-order valence-electron chi connectivity index (χ4n) is 2.13. The molecule has 0 radical (unpaired) electrons. The van der Waals surface area contributed by atoms with E-state index < -0.39 is 29.6 Å². The molecule has 4 heteroatoms. The molecule has 0 aliphatic rings. The maximum atomic E-state index is 13.5. The van der Waals surface area contributed by atoms with Crippen molar-refractivity contribution in [1.29, 1.82) is 0 Å². The molecular formula is C17H16F2O2. The standard InChI is InChI=1S/C17H16F2O2/c1-10-7-11(2)12(3)16(8-10)21-9-15(20)17-13(18)5-4-6-14(17)19/h4-8H,9H2,1-3H3. The minimum atomic E-state index is -0.874. The highest BCUT2D eigenvalue weighted by molar-refractivity contribution is 5.97. The van der Waals surface area contributed by atoms with Gasteiger partial charge in [-0.3, -0.25) is 4.79 Å². The number of Topliss-reactive ketones (excluding diaryl/α,β-unsaturated/α-hetero) is 1. The van der Waals surface area contributed by atoms with E-state index in [1.54, 1.807) is 6.07 Å². The number of benzene rings is 2. The molecule has 0 aliphatic carbocycles. The summed E-state index contributed by atoms with van der Waals surface area (Å²) in [7, 11) is 0. The van der Waals surface area contributed by atoms with Crippen LogP contribution in [0.1, 0.15) is 27.0 Å². The van der Waals surface area contributed by atoms with Crippen LogP contribution in [0.15, 0.2) is 30.3 Å². The molecule has 0 fully saturated rings. The van der Waals surface area contributed by atoms with E-state index in [-0.39, 0.29) is 0 Å². The molecule has 0 bridgehead atoms. The van der Waals surface area contributed by atoms with Crippen LogP contribution >= 0.6 is 0 Å². The second kappa shape index (κ2) is 6.04. The molecule has 0 saturated heterocycles. The second-order valence-electron chi connectivity index (χ2n) is 5.01. The first-order valence-corrected chi connectivity index (χ1v) is 6.58. The van der Waals surface area contributed by atoms with Gasteiger partial charge in [0, 0.05) is 0 Å². The fraction of sp³-hybridized carbons (Fsp3) is 0.235. The number of ketones is 1. The summed E-state index contributed by atoms with van der Waals surface area (Å²) in [6.45, 7) is 5.32. The van der Waals surface area contributed by atoms with Gasteiger partial charge in [0.05, 0.1) is 5.56 Å². The highest BCUT2D eigenvalue weighted by Gasteiger charge is 2.18. The van der Waals surface area contributed by atoms with Gasteiger partial charge < -0.3 is 4.74 Å². The average molecular weight is 290 g/mol. The Kier molecular flexibility index (Phi) is 4.36. The van der Waals surface area contributed by atoms with Crippen molar-refractivity contribution in [2.24, 2.45) is 0 Å². The van der Waals surface area contributed by atoms with Crippen LogP contribution in [-0.2, 0) is 0 Å². The normalized spacial score (nSPS) is 10.5. The Balaban J connectivity index is 2.19. The summed E-state index contributed by atoms with van der Waals surface area (Å²) < 4.78 is 32.5. The second-order valence-corrected chi connectivity index (χ2v) is 5.01. The minimum absolute atomic E-state index is 0.401. The topological polar surface area (TPSA) is 26.3 Å². The molecule has 0 aromatic heterocycles. The maximum absolute atomic E-state index is 13.5. The lowest BCUT2D eigenvalue weighted by molar-refractivity contribution is 0.0912. The minimum Gasteiger partial charge on any atom is -0.485 e. The van der Waals surface area contributed by atoms with E-state index in [0.717, 1.165) is 28.8 Å². The van der Waals surface area contributed by atoms with Crippen molar-refractivity contribution in [1.82, 2.24) is 0 Å². The molecule has 0 heterocycles. The molecule has 0 spiro atoms. The molecule has 0 aliphatic heterocycles. The predicted octanol–water partition coefficient (Wildman–Crippen LogP) is 4.15. The van der Waals surface area contributed by atoms with Crippen LogP contribution in [0.4, 0.5) is 8.78 Å². The SMILES string of the molecule is Cc1cc(C)c(C)c(OCC(=O)c2c(F)cccc2F)c1. The lowest BCUT2D eigenvalue weighted by Crippen LogP contribution is -2.15. The maximum Gasteiger partial charge on any atom is 0.206 e. The van der Waals surface area contributed by atoms with Crippen LogP contribution in [0, 0.1) is 32.4 Å². The molecule has 0 atom stereocenters. The molecule has 2 aromatic rings. The number of hydrogen-bond donors (Lipinski definition) is 0. The van der Waals surface area contributed by atoms with Gasteiger partial charge in [-0.25, -0.2) is 8.78 Å². The number of aryl methyl sites for hydroxylation is 2. The summed E-state index contributed by atoms with van der Waals surface area (Å²) in [6.07, 6.45) is 0. The molecule has 110 valence electrons. The number of carbonyl (C=O) groups excluding carboxylic acids is 1. The van der Waals surface area contributed by atoms with E-state index in [9.17, 15) is 13.6 Å². The van der Waals surface area contributed by atoms with Crippen molar-refractivity contribution in [3.05, 3.63) is 64.2 Å². The zero-order chi connectivity index (χ0) is 15.6. The first-order valence-electron chi connectivity index (χ1n) is 6.58. The highest BCUT2D eigenvalue weighted by Crippen LogP contribution is 2.23. The molecular weight excluding hydrogens is 274 g/mol. The van der Waals surface area contributed by atoms with Gasteiger partial charge in [0.25, 0.3) is 0 Å². The van der Waals surface area contributed by atoms with E-state index >= 15 is 0 Å². The van der Waals surface area contributed by atoms with Gasteiger partial charge in [-0.15, -0.1) is 0 Å². The molecule has 0 unspecified atom stereocenters. The van der Waals surface area contributed by atoms with Gasteiger partial charge in [0.1, 0.15) is 17.4 Å². The molecule has 2 nitrogen and oxygen atoms in total. The number of hydrogen-bond acceptors (Lipinski definition) is 2. The fourth-order valence-corrected chi connectivity index (χ4v) is 2.13. The molecule has 2 aromatic carbocycles. The van der Waals surface area contributed by atoms with Gasteiger partial charge in [-0.05, 0) is 55.7 Å². The van der Waals surface area contributed by atoms with Crippen LogP contribution in [0.25, 0.3) is 0 Å². The Hall–Kier alpha value is -2.23. The van der Waals surface area contributed by atoms with Crippen molar-refractivity contribution < 1.29 is 18.3 Å². The van der Waals surface area contributed by atoms with Crippen molar-refractivity contribution in [3.63, 3.8) is 0 Å². The van der Waals surface area contributed by atoms with Gasteiger partial charge in [-0.2, -0.15) is 0 Å². The zero-order valence-corrected chi connectivity index (χ0v) is 12.2. The Labute approximate surface area is 122 Å². The van der Waals surface area contributed by atoms with E-state index in [0.29, 0.717) is 5.75 Å². The van der Waals surface area contributed by atoms with Crippen molar-refractivity contribution in [2.75, 3.05) is 6.61 Å². The van der Waals surface area contributed by atoms with Gasteiger partial charge in [-0.1, -0.05) is 12.1 Å². The lowest BCUT2D eigenvalue weighted by Gasteiger charge is -2.12. The summed E-state index contributed by atoms with van der Waals surface area (Å²) in [5.41, 5.74) is 2.38. The van der Waals surface area contributed by atoms with Crippen LogP contribution in [0.5, 0.6) is 5.75 Å². The highest BCUT2D eigenvalue weighted by atomic mass is 19.1. The first kappa shape index (κ1) is 15.2. The zero-order valence-electron chi connectivity index (χ0n) is 12.2. The summed E-state index contributed by atoms with van der Waals surface area (Å²) in [5.74, 6) is -1.91. The number of ether oxygens (including phenoxy) is 1. The summed E-state index contributed by atoms with van der Waals surface area (Å²) >= 11 is 0. The summed E-state index contributed by atoms with van der Waals surface area (Å²) in [5, 5.41) is 0. The summed E-state index contributed by atoms with van der Waals surface area (Å²) in [6, 6.07) is 7.13. The molecule has 21 heavy (non-hydrogen) atoms. The van der Waals surface area contributed by atoms with Gasteiger partial charge >= 0.3 is 0 Å². The third-order valence-corrected chi connectivity index (χ3v) is 3.36. The molecule has 0 saturated carbocycles. The first-order chi connectivity index (χ1) is 9.90. The monoisotopic (exact) mass is 290 g/mol. The van der Waals surface area contributed by atoms with Crippen LogP contribution in [0.2, 0.25) is 0 Å². The van der Waals surface area contributed by atoms with E-state index in [1.807, 2.05) is 26.8 Å². The van der Waals surface area contributed by atoms with E-state index in [4.69, 9.17) is 4.74 Å². The Morgan fingerprint density at radius 3 is 2.33 bits per heavy atom. The van der Waals surface area contributed by atoms with Gasteiger partial charge in [0.15, 0.2) is 6.61 Å². The van der Waals surface area contributed by atoms with Crippen molar-refractivity contribution in [2.45, 2.75) is 20.8 Å². The Bertz CT molecular complexity index is 673. The number of rotatable bonds is 4. The van der Waals surface area contributed by atoms with Crippen molar-refractivity contribution in [3.8, 4) is 5.75 Å². The third-order valence-electron chi connectivity index (χ3n) is 3.36. The quantitative estimate of drug-likeness (QED) is 0.791. The Morgan fingerprint density at radius 1 is 1.10 bits per heavy atom. The Morgan fingerprint density at radius 2 is 1.71 bits per heavy atom. The van der Waals surface area contributed by atoms with Gasteiger partial charge in [0.2, 0.25) is 5.78 Å². The molecule has 0 N–H and O–H groups in total.